The Morgan fingerprint density at radius 2 is 0.627 bits per heavy atom. The highest BCUT2D eigenvalue weighted by Gasteiger charge is 2.14. The van der Waals surface area contributed by atoms with Crippen molar-refractivity contribution in [2.75, 3.05) is 5.32 Å². The van der Waals surface area contributed by atoms with E-state index in [1.807, 2.05) is 0 Å². The Hall–Kier alpha value is -6.84. The fourth-order valence-electron chi connectivity index (χ4n) is 7.67. The van der Waals surface area contributed by atoms with E-state index < -0.39 is 0 Å². The molecule has 0 aliphatic heterocycles. The zero-order valence-electron chi connectivity index (χ0n) is 27.9. The zero-order chi connectivity index (χ0) is 33.7. The van der Waals surface area contributed by atoms with Crippen LogP contribution in [-0.4, -0.2) is 9.13 Å². The van der Waals surface area contributed by atoms with Crippen LogP contribution < -0.4 is 5.32 Å². The molecule has 2 heterocycles. The van der Waals surface area contributed by atoms with Gasteiger partial charge in [-0.3, -0.25) is 0 Å². The lowest BCUT2D eigenvalue weighted by Gasteiger charge is -2.10. The van der Waals surface area contributed by atoms with Crippen molar-refractivity contribution in [1.29, 1.82) is 0 Å². The lowest BCUT2D eigenvalue weighted by Crippen LogP contribution is -1.93. The number of hydrogen-bond acceptors (Lipinski definition) is 1. The minimum Gasteiger partial charge on any atom is -0.356 e. The molecule has 10 aromatic rings. The molecule has 10 rings (SSSR count). The van der Waals surface area contributed by atoms with Crippen molar-refractivity contribution < 1.29 is 0 Å². The number of rotatable bonds is 6. The van der Waals surface area contributed by atoms with E-state index in [1.165, 1.54) is 77.2 Å². The molecule has 0 saturated carbocycles. The van der Waals surface area contributed by atoms with E-state index in [-0.39, 0.29) is 0 Å². The molecule has 0 aliphatic carbocycles. The molecule has 0 atom stereocenters. The van der Waals surface area contributed by atoms with Crippen LogP contribution in [0.3, 0.4) is 0 Å². The van der Waals surface area contributed by atoms with Crippen LogP contribution in [0.15, 0.2) is 194 Å². The minimum atomic E-state index is 1.06. The topological polar surface area (TPSA) is 21.9 Å². The molecule has 0 unspecified atom stereocenters. The summed E-state index contributed by atoms with van der Waals surface area (Å²) in [6.07, 6.45) is 0. The summed E-state index contributed by atoms with van der Waals surface area (Å²) in [7, 11) is 0. The first kappa shape index (κ1) is 29.1. The van der Waals surface area contributed by atoms with E-state index in [0.29, 0.717) is 0 Å². The summed E-state index contributed by atoms with van der Waals surface area (Å²) in [6.45, 7) is 0. The summed E-state index contributed by atoms with van der Waals surface area (Å²) in [6, 6.07) is 69.7. The normalized spacial score (nSPS) is 11.5. The number of hydrogen-bond donors (Lipinski definition) is 1. The number of aromatic nitrogens is 2. The lowest BCUT2D eigenvalue weighted by atomic mass is 10.0. The second kappa shape index (κ2) is 11.9. The van der Waals surface area contributed by atoms with E-state index >= 15 is 0 Å². The molecule has 8 aromatic carbocycles. The highest BCUT2D eigenvalue weighted by molar-refractivity contribution is 6.11. The van der Waals surface area contributed by atoms with E-state index in [9.17, 15) is 0 Å². The van der Waals surface area contributed by atoms with Gasteiger partial charge in [0.1, 0.15) is 0 Å². The van der Waals surface area contributed by atoms with Crippen LogP contribution in [0.2, 0.25) is 0 Å². The predicted molar refractivity (Wildman–Crippen MR) is 216 cm³/mol. The number of nitrogens with zero attached hydrogens (tertiary/aromatic N) is 2. The van der Waals surface area contributed by atoms with Crippen molar-refractivity contribution in [3.63, 3.8) is 0 Å². The van der Waals surface area contributed by atoms with Gasteiger partial charge in [-0.1, -0.05) is 109 Å². The quantitative estimate of drug-likeness (QED) is 0.190. The third-order valence-corrected chi connectivity index (χ3v) is 10.1. The van der Waals surface area contributed by atoms with Gasteiger partial charge in [-0.25, -0.2) is 0 Å². The predicted octanol–water partition coefficient (Wildman–Crippen LogP) is 13.0. The number of nitrogens with one attached hydrogen (secondary N) is 1. The maximum Gasteiger partial charge on any atom is 0.0541 e. The molecule has 51 heavy (non-hydrogen) atoms. The first-order valence-electron chi connectivity index (χ1n) is 17.4. The number of benzene rings is 8. The fourth-order valence-corrected chi connectivity index (χ4v) is 7.67. The van der Waals surface area contributed by atoms with Gasteiger partial charge in [-0.15, -0.1) is 0 Å². The summed E-state index contributed by atoms with van der Waals surface area (Å²) in [5, 5.41) is 8.65. The highest BCUT2D eigenvalue weighted by atomic mass is 15.0. The number of anilines is 2. The van der Waals surface area contributed by atoms with Crippen LogP contribution in [0, 0.1) is 0 Å². The summed E-state index contributed by atoms with van der Waals surface area (Å²) >= 11 is 0. The Kier molecular flexibility index (Phi) is 6.81. The Labute approximate surface area is 296 Å². The SMILES string of the molecule is c1ccc(-n2c3ccccc3c3cc(-c4ccc(Nc5ccc(-c6ccc7c(c6)c6ccccc6n7-c6ccccc6)cc5)cc4)ccc32)cc1. The molecule has 0 bridgehead atoms. The molecule has 0 amide bonds. The largest absolute Gasteiger partial charge is 0.356 e. The summed E-state index contributed by atoms with van der Waals surface area (Å²) in [5.41, 5.74) is 14.1. The monoisotopic (exact) mass is 651 g/mol. The van der Waals surface area contributed by atoms with Crippen LogP contribution in [0.25, 0.3) is 77.2 Å². The number of para-hydroxylation sites is 4. The Morgan fingerprint density at radius 1 is 0.275 bits per heavy atom. The van der Waals surface area contributed by atoms with Crippen molar-refractivity contribution >= 4 is 55.0 Å². The molecule has 3 heteroatoms. The highest BCUT2D eigenvalue weighted by Crippen LogP contribution is 2.37. The second-order valence-corrected chi connectivity index (χ2v) is 13.1. The average molecular weight is 652 g/mol. The van der Waals surface area contributed by atoms with Gasteiger partial charge in [0, 0.05) is 44.3 Å². The molecule has 2 aromatic heterocycles. The first-order valence-corrected chi connectivity index (χ1v) is 17.4. The van der Waals surface area contributed by atoms with Crippen molar-refractivity contribution in [2.45, 2.75) is 0 Å². The fraction of sp³-hybridized carbons (Fsp3) is 0. The van der Waals surface area contributed by atoms with Gasteiger partial charge < -0.3 is 14.5 Å². The van der Waals surface area contributed by atoms with E-state index in [2.05, 4.69) is 209 Å². The van der Waals surface area contributed by atoms with Crippen LogP contribution in [0.4, 0.5) is 11.4 Å². The van der Waals surface area contributed by atoms with Gasteiger partial charge in [0.2, 0.25) is 0 Å². The number of fused-ring (bicyclic) bond motifs is 6. The van der Waals surface area contributed by atoms with E-state index in [4.69, 9.17) is 0 Å². The smallest absolute Gasteiger partial charge is 0.0541 e. The average Bonchev–Trinajstić information content (AvgIpc) is 3.71. The molecule has 240 valence electrons. The van der Waals surface area contributed by atoms with Gasteiger partial charge in [0.05, 0.1) is 22.1 Å². The molecule has 1 N–H and O–H groups in total. The van der Waals surface area contributed by atoms with Crippen LogP contribution in [-0.2, 0) is 0 Å². The van der Waals surface area contributed by atoms with Gasteiger partial charge in [-0.2, -0.15) is 0 Å². The Balaban J connectivity index is 0.917. The molecule has 0 aliphatic rings. The third-order valence-electron chi connectivity index (χ3n) is 10.1. The molecule has 0 fully saturated rings. The first-order chi connectivity index (χ1) is 25.3. The molecule has 0 radical (unpaired) electrons. The van der Waals surface area contributed by atoms with E-state index in [1.54, 1.807) is 0 Å². The van der Waals surface area contributed by atoms with Gasteiger partial charge >= 0.3 is 0 Å². The minimum absolute atomic E-state index is 1.06. The van der Waals surface area contributed by atoms with Crippen LogP contribution in [0.1, 0.15) is 0 Å². The van der Waals surface area contributed by atoms with E-state index in [0.717, 1.165) is 11.4 Å². The summed E-state index contributed by atoms with van der Waals surface area (Å²) in [4.78, 5) is 0. The molecular formula is C48H33N3. The maximum absolute atomic E-state index is 3.61. The standard InChI is InChI=1S/C48H33N3/c1-3-11-39(12-4-1)50-45-17-9-7-15-41(45)43-31-35(23-29-47(43)50)33-19-25-37(26-20-33)49-38-27-21-34(22-28-38)36-24-30-48-44(32-36)42-16-8-10-18-46(42)51(48)40-13-5-2-6-14-40/h1-32,49H. The van der Waals surface area contributed by atoms with Crippen LogP contribution >= 0.6 is 0 Å². The van der Waals surface area contributed by atoms with Crippen molar-refractivity contribution in [2.24, 2.45) is 0 Å². The molecule has 0 saturated heterocycles. The Bertz CT molecular complexity index is 2650. The zero-order valence-corrected chi connectivity index (χ0v) is 27.9. The molecule has 3 nitrogen and oxygen atoms in total. The van der Waals surface area contributed by atoms with Gasteiger partial charge in [0.15, 0.2) is 0 Å². The van der Waals surface area contributed by atoms with Gasteiger partial charge in [-0.05, 0) is 107 Å². The van der Waals surface area contributed by atoms with Crippen LogP contribution in [0.5, 0.6) is 0 Å². The van der Waals surface area contributed by atoms with Crippen molar-refractivity contribution in [3.05, 3.63) is 194 Å². The molecule has 0 spiro atoms. The Morgan fingerprint density at radius 3 is 1.06 bits per heavy atom. The second-order valence-electron chi connectivity index (χ2n) is 13.1. The summed E-state index contributed by atoms with van der Waals surface area (Å²) < 4.78 is 4.71. The summed E-state index contributed by atoms with van der Waals surface area (Å²) in [5.74, 6) is 0. The maximum atomic E-state index is 3.61. The lowest BCUT2D eigenvalue weighted by molar-refractivity contribution is 1.18. The van der Waals surface area contributed by atoms with Gasteiger partial charge in [0.25, 0.3) is 0 Å². The third kappa shape index (κ3) is 4.98. The molecular weight excluding hydrogens is 619 g/mol. The van der Waals surface area contributed by atoms with Crippen molar-refractivity contribution in [3.8, 4) is 33.6 Å². The van der Waals surface area contributed by atoms with Crippen molar-refractivity contribution in [1.82, 2.24) is 9.13 Å².